The van der Waals surface area contributed by atoms with E-state index in [0.717, 1.165) is 18.4 Å². The van der Waals surface area contributed by atoms with Crippen molar-refractivity contribution in [3.8, 4) is 5.75 Å². The van der Waals surface area contributed by atoms with Gasteiger partial charge in [-0.2, -0.15) is 0 Å². The number of benzene rings is 1. The van der Waals surface area contributed by atoms with E-state index >= 15 is 0 Å². The number of rotatable bonds is 4. The van der Waals surface area contributed by atoms with Crippen LogP contribution in [0.5, 0.6) is 5.75 Å². The van der Waals surface area contributed by atoms with Gasteiger partial charge in [0.2, 0.25) is 0 Å². The van der Waals surface area contributed by atoms with Gasteiger partial charge in [-0.3, -0.25) is 4.90 Å². The van der Waals surface area contributed by atoms with Crippen LogP contribution in [0.3, 0.4) is 0 Å². The lowest BCUT2D eigenvalue weighted by Crippen LogP contribution is -2.46. The minimum atomic E-state index is -4.68. The van der Waals surface area contributed by atoms with Crippen LogP contribution in [-0.2, 0) is 11.3 Å². The molecule has 0 aromatic heterocycles. The maximum Gasteiger partial charge on any atom is 0.573 e. The Kier molecular flexibility index (Phi) is 6.62. The van der Waals surface area contributed by atoms with E-state index in [4.69, 9.17) is 4.74 Å². The van der Waals surface area contributed by atoms with Crippen molar-refractivity contribution in [1.82, 2.24) is 9.80 Å². The van der Waals surface area contributed by atoms with E-state index in [0.29, 0.717) is 25.7 Å². The molecule has 1 aromatic rings. The molecule has 152 valence electrons. The minimum absolute atomic E-state index is 0.223. The first kappa shape index (κ1) is 21.3. The zero-order valence-corrected chi connectivity index (χ0v) is 16.2. The van der Waals surface area contributed by atoms with Gasteiger partial charge in [-0.25, -0.2) is 4.79 Å². The molecule has 1 aliphatic heterocycles. The Labute approximate surface area is 158 Å². The molecule has 1 aliphatic rings. The average Bonchev–Trinajstić information content (AvgIpc) is 2.54. The third kappa shape index (κ3) is 7.28. The summed E-state index contributed by atoms with van der Waals surface area (Å²) in [6, 6.07) is 6.21. The monoisotopic (exact) mass is 388 g/mol. The van der Waals surface area contributed by atoms with E-state index in [2.05, 4.69) is 9.64 Å². The van der Waals surface area contributed by atoms with Crippen LogP contribution in [0.15, 0.2) is 24.3 Å². The first-order chi connectivity index (χ1) is 12.4. The maximum atomic E-state index is 12.2. The van der Waals surface area contributed by atoms with Crippen LogP contribution in [0.25, 0.3) is 0 Å². The standard InChI is InChI=1S/C19H27F3N2O3/c1-18(2,3)27-17(25)24-11-9-15(10-12-24)23(4)13-14-5-7-16(8-6-14)26-19(20,21)22/h5-8,15H,9-13H2,1-4H3. The molecule has 0 unspecified atom stereocenters. The largest absolute Gasteiger partial charge is 0.573 e. The number of alkyl halides is 3. The van der Waals surface area contributed by atoms with Gasteiger partial charge in [-0.15, -0.1) is 13.2 Å². The Hall–Kier alpha value is -1.96. The molecule has 0 spiro atoms. The highest BCUT2D eigenvalue weighted by molar-refractivity contribution is 5.68. The van der Waals surface area contributed by atoms with Crippen LogP contribution >= 0.6 is 0 Å². The molecule has 0 radical (unpaired) electrons. The number of likely N-dealkylation sites (tertiary alicyclic amines) is 1. The highest BCUT2D eigenvalue weighted by atomic mass is 19.4. The van der Waals surface area contributed by atoms with E-state index in [9.17, 15) is 18.0 Å². The summed E-state index contributed by atoms with van der Waals surface area (Å²) in [6.07, 6.45) is -3.32. The quantitative estimate of drug-likeness (QED) is 0.766. The first-order valence-electron chi connectivity index (χ1n) is 8.96. The Bertz CT molecular complexity index is 619. The van der Waals surface area contributed by atoms with Gasteiger partial charge >= 0.3 is 12.5 Å². The van der Waals surface area contributed by atoms with Gasteiger partial charge in [0.15, 0.2) is 0 Å². The molecule has 2 rings (SSSR count). The van der Waals surface area contributed by atoms with Crippen molar-refractivity contribution in [2.75, 3.05) is 20.1 Å². The number of hydrogen-bond donors (Lipinski definition) is 0. The zero-order chi connectivity index (χ0) is 20.2. The number of piperidine rings is 1. The molecule has 0 saturated carbocycles. The van der Waals surface area contributed by atoms with Crippen LogP contribution in [-0.4, -0.2) is 54.0 Å². The SMILES string of the molecule is CN(Cc1ccc(OC(F)(F)F)cc1)C1CCN(C(=O)OC(C)(C)C)CC1. The summed E-state index contributed by atoms with van der Waals surface area (Å²) < 4.78 is 45.9. The lowest BCUT2D eigenvalue weighted by atomic mass is 10.0. The second-order valence-corrected chi connectivity index (χ2v) is 7.81. The molecule has 1 saturated heterocycles. The van der Waals surface area contributed by atoms with Crippen LogP contribution in [0, 0.1) is 0 Å². The summed E-state index contributed by atoms with van der Waals surface area (Å²) in [5.41, 5.74) is 0.397. The van der Waals surface area contributed by atoms with E-state index < -0.39 is 12.0 Å². The van der Waals surface area contributed by atoms with Crippen LogP contribution in [0.4, 0.5) is 18.0 Å². The predicted octanol–water partition coefficient (Wildman–Crippen LogP) is 4.42. The summed E-state index contributed by atoms with van der Waals surface area (Å²) in [4.78, 5) is 16.0. The molecular formula is C19H27F3N2O3. The van der Waals surface area contributed by atoms with Crippen molar-refractivity contribution in [3.05, 3.63) is 29.8 Å². The predicted molar refractivity (Wildman–Crippen MR) is 95.4 cm³/mol. The second-order valence-electron chi connectivity index (χ2n) is 7.81. The maximum absolute atomic E-state index is 12.2. The molecule has 1 amide bonds. The lowest BCUT2D eigenvalue weighted by molar-refractivity contribution is -0.274. The van der Waals surface area contributed by atoms with Gasteiger partial charge in [0.25, 0.3) is 0 Å². The molecule has 27 heavy (non-hydrogen) atoms. The van der Waals surface area contributed by atoms with Crippen LogP contribution < -0.4 is 4.74 Å². The van der Waals surface area contributed by atoms with E-state index in [-0.39, 0.29) is 11.8 Å². The lowest BCUT2D eigenvalue weighted by Gasteiger charge is -2.37. The Balaban J connectivity index is 1.82. The number of halogens is 3. The topological polar surface area (TPSA) is 42.0 Å². The number of carbonyl (C=O) groups is 1. The summed E-state index contributed by atoms with van der Waals surface area (Å²) >= 11 is 0. The number of carbonyl (C=O) groups excluding carboxylic acids is 1. The number of hydrogen-bond acceptors (Lipinski definition) is 4. The summed E-state index contributed by atoms with van der Waals surface area (Å²) in [5, 5.41) is 0. The molecule has 0 N–H and O–H groups in total. The summed E-state index contributed by atoms with van der Waals surface area (Å²) in [6.45, 7) is 7.40. The molecule has 1 heterocycles. The van der Waals surface area contributed by atoms with Gasteiger partial charge in [0.05, 0.1) is 0 Å². The van der Waals surface area contributed by atoms with Crippen molar-refractivity contribution in [2.24, 2.45) is 0 Å². The summed E-state index contributed by atoms with van der Waals surface area (Å²) in [7, 11) is 1.98. The average molecular weight is 388 g/mol. The zero-order valence-electron chi connectivity index (χ0n) is 16.2. The Morgan fingerprint density at radius 1 is 1.15 bits per heavy atom. The van der Waals surface area contributed by atoms with E-state index in [1.807, 2.05) is 27.8 Å². The van der Waals surface area contributed by atoms with Gasteiger partial charge in [0.1, 0.15) is 11.4 Å². The smallest absolute Gasteiger partial charge is 0.444 e. The molecule has 5 nitrogen and oxygen atoms in total. The van der Waals surface area contributed by atoms with Crippen molar-refractivity contribution >= 4 is 6.09 Å². The summed E-state index contributed by atoms with van der Waals surface area (Å²) in [5.74, 6) is -0.223. The molecule has 1 fully saturated rings. The fourth-order valence-electron chi connectivity index (χ4n) is 3.03. The van der Waals surface area contributed by atoms with Crippen molar-refractivity contribution in [1.29, 1.82) is 0 Å². The third-order valence-electron chi connectivity index (χ3n) is 4.33. The van der Waals surface area contributed by atoms with E-state index in [1.165, 1.54) is 12.1 Å². The van der Waals surface area contributed by atoms with Crippen molar-refractivity contribution in [2.45, 2.75) is 58.2 Å². The number of nitrogens with zero attached hydrogens (tertiary/aromatic N) is 2. The fraction of sp³-hybridized carbons (Fsp3) is 0.632. The number of amides is 1. The van der Waals surface area contributed by atoms with Crippen molar-refractivity contribution < 1.29 is 27.4 Å². The second kappa shape index (κ2) is 8.37. The normalized spacial score (nSPS) is 16.5. The Morgan fingerprint density at radius 3 is 2.19 bits per heavy atom. The van der Waals surface area contributed by atoms with Gasteiger partial charge in [0, 0.05) is 25.7 Å². The molecule has 0 atom stereocenters. The van der Waals surface area contributed by atoms with Gasteiger partial charge in [-0.05, 0) is 58.4 Å². The molecule has 8 heteroatoms. The molecule has 0 aliphatic carbocycles. The first-order valence-corrected chi connectivity index (χ1v) is 8.96. The van der Waals surface area contributed by atoms with Crippen molar-refractivity contribution in [3.63, 3.8) is 0 Å². The number of ether oxygens (including phenoxy) is 2. The fourth-order valence-corrected chi connectivity index (χ4v) is 3.03. The van der Waals surface area contributed by atoms with Gasteiger partial charge in [-0.1, -0.05) is 12.1 Å². The highest BCUT2D eigenvalue weighted by Crippen LogP contribution is 2.24. The highest BCUT2D eigenvalue weighted by Gasteiger charge is 2.31. The van der Waals surface area contributed by atoms with Crippen LogP contribution in [0.2, 0.25) is 0 Å². The molecular weight excluding hydrogens is 361 g/mol. The van der Waals surface area contributed by atoms with E-state index in [1.54, 1.807) is 17.0 Å². The molecule has 1 aromatic carbocycles. The Morgan fingerprint density at radius 2 is 1.70 bits per heavy atom. The molecule has 0 bridgehead atoms. The minimum Gasteiger partial charge on any atom is -0.444 e. The third-order valence-corrected chi connectivity index (χ3v) is 4.33. The van der Waals surface area contributed by atoms with Crippen LogP contribution in [0.1, 0.15) is 39.2 Å². The van der Waals surface area contributed by atoms with Gasteiger partial charge < -0.3 is 14.4 Å².